The molecule has 17 heavy (non-hydrogen) atoms. The van der Waals surface area contributed by atoms with Gasteiger partial charge in [-0.05, 0) is 49.1 Å². The average Bonchev–Trinajstić information content (AvgIpc) is 2.32. The third-order valence-electron chi connectivity index (χ3n) is 2.73. The molecule has 0 radical (unpaired) electrons. The highest BCUT2D eigenvalue weighted by Crippen LogP contribution is 2.14. The molecule has 0 spiro atoms. The molecule has 0 aliphatic heterocycles. The lowest BCUT2D eigenvalue weighted by Gasteiger charge is -2.04. The summed E-state index contributed by atoms with van der Waals surface area (Å²) in [5.74, 6) is 0. The summed E-state index contributed by atoms with van der Waals surface area (Å²) in [6.45, 7) is 2.04. The van der Waals surface area contributed by atoms with Gasteiger partial charge in [0.05, 0.1) is 0 Å². The first kappa shape index (κ1) is 13.2. The number of hydrogen-bond acceptors (Lipinski definition) is 3. The number of anilines is 1. The van der Waals surface area contributed by atoms with Gasteiger partial charge in [-0.1, -0.05) is 18.2 Å². The first-order chi connectivity index (χ1) is 7.75. The molecule has 0 aliphatic carbocycles. The molecule has 2 aromatic rings. The van der Waals surface area contributed by atoms with Crippen LogP contribution in [0.4, 0.5) is 5.69 Å². The molecule has 0 saturated heterocycles. The first-order valence-corrected chi connectivity index (χ1v) is 5.50. The lowest BCUT2D eigenvalue weighted by atomic mass is 10.0. The Morgan fingerprint density at radius 3 is 2.59 bits per heavy atom. The van der Waals surface area contributed by atoms with E-state index in [1.807, 2.05) is 31.3 Å². The second-order valence-corrected chi connectivity index (χ2v) is 4.01. The van der Waals surface area contributed by atoms with E-state index in [0.29, 0.717) is 0 Å². The van der Waals surface area contributed by atoms with Crippen LogP contribution in [0.15, 0.2) is 42.6 Å². The molecular formula is C14H19N3. The zero-order valence-corrected chi connectivity index (χ0v) is 10.2. The van der Waals surface area contributed by atoms with Crippen LogP contribution in [0, 0.1) is 6.92 Å². The van der Waals surface area contributed by atoms with E-state index in [-0.39, 0.29) is 6.15 Å². The molecule has 0 bridgehead atoms. The van der Waals surface area contributed by atoms with Gasteiger partial charge in [0, 0.05) is 17.6 Å². The van der Waals surface area contributed by atoms with Gasteiger partial charge in [-0.3, -0.25) is 4.98 Å². The lowest BCUT2D eigenvalue weighted by molar-refractivity contribution is 0.912. The number of aromatic nitrogens is 1. The number of hydrogen-bond donors (Lipinski definition) is 2. The highest BCUT2D eigenvalue weighted by Gasteiger charge is 1.98. The Labute approximate surface area is 102 Å². The van der Waals surface area contributed by atoms with Crippen molar-refractivity contribution < 1.29 is 0 Å². The summed E-state index contributed by atoms with van der Waals surface area (Å²) < 4.78 is 0. The summed E-state index contributed by atoms with van der Waals surface area (Å²) in [6.07, 6.45) is 3.83. The van der Waals surface area contributed by atoms with E-state index >= 15 is 0 Å². The molecule has 3 heteroatoms. The quantitative estimate of drug-likeness (QED) is 0.795. The largest absolute Gasteiger partial charge is 0.399 e. The third-order valence-corrected chi connectivity index (χ3v) is 2.73. The molecule has 90 valence electrons. The Balaban J connectivity index is 0.00000144. The Hall–Kier alpha value is -1.87. The summed E-state index contributed by atoms with van der Waals surface area (Å²) in [6, 6.07) is 12.2. The smallest absolute Gasteiger partial charge is 0.0406 e. The van der Waals surface area contributed by atoms with Crippen LogP contribution in [-0.4, -0.2) is 4.98 Å². The van der Waals surface area contributed by atoms with Crippen molar-refractivity contribution in [3.05, 3.63) is 59.4 Å². The molecule has 3 nitrogen and oxygen atoms in total. The van der Waals surface area contributed by atoms with Gasteiger partial charge < -0.3 is 11.9 Å². The summed E-state index contributed by atoms with van der Waals surface area (Å²) in [5, 5.41) is 0. The van der Waals surface area contributed by atoms with Crippen LogP contribution < -0.4 is 11.9 Å². The summed E-state index contributed by atoms with van der Waals surface area (Å²) in [7, 11) is 0. The fourth-order valence-electron chi connectivity index (χ4n) is 1.71. The van der Waals surface area contributed by atoms with Crippen LogP contribution in [0.1, 0.15) is 16.8 Å². The van der Waals surface area contributed by atoms with Gasteiger partial charge in [0.1, 0.15) is 0 Å². The number of benzene rings is 1. The van der Waals surface area contributed by atoms with E-state index in [1.165, 1.54) is 5.56 Å². The van der Waals surface area contributed by atoms with Gasteiger partial charge in [0.25, 0.3) is 0 Å². The predicted octanol–water partition coefficient (Wildman–Crippen LogP) is 2.92. The van der Waals surface area contributed by atoms with E-state index in [9.17, 15) is 0 Å². The number of rotatable bonds is 3. The second-order valence-electron chi connectivity index (χ2n) is 4.01. The van der Waals surface area contributed by atoms with Crippen molar-refractivity contribution in [1.29, 1.82) is 0 Å². The molecule has 1 aromatic heterocycles. The minimum atomic E-state index is 0. The van der Waals surface area contributed by atoms with Crippen LogP contribution in [0.25, 0.3) is 0 Å². The molecule has 1 aromatic carbocycles. The van der Waals surface area contributed by atoms with Crippen LogP contribution in [0.2, 0.25) is 0 Å². The normalized spacial score (nSPS) is 9.71. The number of nitrogens with two attached hydrogens (primary N) is 1. The zero-order valence-electron chi connectivity index (χ0n) is 10.2. The van der Waals surface area contributed by atoms with E-state index in [1.54, 1.807) is 0 Å². The molecule has 0 fully saturated rings. The first-order valence-electron chi connectivity index (χ1n) is 5.50. The number of nitrogen functional groups attached to an aromatic ring is 1. The van der Waals surface area contributed by atoms with Crippen LogP contribution >= 0.6 is 0 Å². The summed E-state index contributed by atoms with van der Waals surface area (Å²) in [5.41, 5.74) is 10.3. The van der Waals surface area contributed by atoms with Crippen molar-refractivity contribution in [2.45, 2.75) is 19.8 Å². The average molecular weight is 229 g/mol. The van der Waals surface area contributed by atoms with Crippen molar-refractivity contribution in [1.82, 2.24) is 11.1 Å². The van der Waals surface area contributed by atoms with E-state index in [4.69, 9.17) is 5.73 Å². The third kappa shape index (κ3) is 3.57. The Morgan fingerprint density at radius 1 is 1.12 bits per heavy atom. The zero-order chi connectivity index (χ0) is 11.4. The van der Waals surface area contributed by atoms with Crippen LogP contribution in [-0.2, 0) is 12.8 Å². The minimum absolute atomic E-state index is 0. The van der Waals surface area contributed by atoms with Gasteiger partial charge in [-0.25, -0.2) is 0 Å². The van der Waals surface area contributed by atoms with Gasteiger partial charge in [-0.15, -0.1) is 0 Å². The molecule has 0 atom stereocenters. The molecule has 2 rings (SSSR count). The molecule has 0 aliphatic rings. The van der Waals surface area contributed by atoms with Crippen LogP contribution in [0.3, 0.4) is 0 Å². The maximum Gasteiger partial charge on any atom is 0.0406 e. The predicted molar refractivity (Wildman–Crippen MR) is 72.3 cm³/mol. The second kappa shape index (κ2) is 6.01. The number of aryl methyl sites for hydroxylation is 3. The van der Waals surface area contributed by atoms with Crippen molar-refractivity contribution in [2.24, 2.45) is 0 Å². The van der Waals surface area contributed by atoms with E-state index in [2.05, 4.69) is 23.2 Å². The van der Waals surface area contributed by atoms with Crippen molar-refractivity contribution >= 4 is 5.69 Å². The fraction of sp³-hybridized carbons (Fsp3) is 0.214. The Morgan fingerprint density at radius 2 is 1.94 bits per heavy atom. The topological polar surface area (TPSA) is 73.9 Å². The van der Waals surface area contributed by atoms with Crippen molar-refractivity contribution in [3.8, 4) is 0 Å². The minimum Gasteiger partial charge on any atom is -0.399 e. The standard InChI is InChI=1S/C14H16N2.H3N/c1-11-10-12(6-8-14(11)15)5-7-13-4-2-3-9-16-13;/h2-4,6,8-10H,5,7,15H2,1H3;1H3. The van der Waals surface area contributed by atoms with Gasteiger partial charge in [0.2, 0.25) is 0 Å². The van der Waals surface area contributed by atoms with E-state index in [0.717, 1.165) is 29.8 Å². The Bertz CT molecular complexity index is 466. The van der Waals surface area contributed by atoms with Crippen molar-refractivity contribution in [3.63, 3.8) is 0 Å². The van der Waals surface area contributed by atoms with Crippen molar-refractivity contribution in [2.75, 3.05) is 5.73 Å². The number of pyridine rings is 1. The van der Waals surface area contributed by atoms with Gasteiger partial charge in [0.15, 0.2) is 0 Å². The molecule has 1 heterocycles. The molecule has 0 saturated carbocycles. The van der Waals surface area contributed by atoms with Gasteiger partial charge >= 0.3 is 0 Å². The highest BCUT2D eigenvalue weighted by molar-refractivity contribution is 5.47. The monoisotopic (exact) mass is 229 g/mol. The number of nitrogens with zero attached hydrogens (tertiary/aromatic N) is 1. The van der Waals surface area contributed by atoms with Gasteiger partial charge in [-0.2, -0.15) is 0 Å². The summed E-state index contributed by atoms with van der Waals surface area (Å²) in [4.78, 5) is 4.31. The fourth-order valence-corrected chi connectivity index (χ4v) is 1.71. The molecule has 0 unspecified atom stereocenters. The molecule has 5 N–H and O–H groups in total. The highest BCUT2D eigenvalue weighted by atomic mass is 14.7. The maximum absolute atomic E-state index is 5.78. The SMILES string of the molecule is Cc1cc(CCc2ccccn2)ccc1N.N. The maximum atomic E-state index is 5.78. The molecule has 0 amide bonds. The Kier molecular flexibility index (Phi) is 4.67. The summed E-state index contributed by atoms with van der Waals surface area (Å²) >= 11 is 0. The molecular weight excluding hydrogens is 210 g/mol. The van der Waals surface area contributed by atoms with Crippen LogP contribution in [0.5, 0.6) is 0 Å². The lowest BCUT2D eigenvalue weighted by Crippen LogP contribution is -1.96. The van der Waals surface area contributed by atoms with E-state index < -0.39 is 0 Å².